The SMILES string of the molecule is CCC1C(=O)NC(CC)(CC)C(=O)N1CC(C)C1CC1. The molecule has 1 aliphatic heterocycles. The molecule has 0 spiro atoms. The van der Waals surface area contributed by atoms with Crippen molar-refractivity contribution in [2.24, 2.45) is 11.8 Å². The number of carbonyl (C=O) groups is 2. The highest BCUT2D eigenvalue weighted by atomic mass is 16.2. The number of piperazine rings is 1. The predicted octanol–water partition coefficient (Wildman–Crippen LogP) is 2.33. The van der Waals surface area contributed by atoms with E-state index in [0.717, 1.165) is 12.5 Å². The molecule has 4 nitrogen and oxygen atoms in total. The van der Waals surface area contributed by atoms with Crippen molar-refractivity contribution >= 4 is 11.8 Å². The fourth-order valence-electron chi connectivity index (χ4n) is 3.40. The standard InChI is InChI=1S/C16H28N2O2/c1-5-13-14(19)17-16(6-2,7-3)15(20)18(13)10-11(4)12-8-9-12/h11-13H,5-10H2,1-4H3,(H,17,19). The first-order valence-corrected chi connectivity index (χ1v) is 8.12. The van der Waals surface area contributed by atoms with Crippen LogP contribution in [0.1, 0.15) is 59.8 Å². The van der Waals surface area contributed by atoms with Crippen molar-refractivity contribution in [3.05, 3.63) is 0 Å². The van der Waals surface area contributed by atoms with Crippen LogP contribution in [-0.2, 0) is 9.59 Å². The second-order valence-corrected chi connectivity index (χ2v) is 6.47. The second kappa shape index (κ2) is 5.74. The molecule has 4 heteroatoms. The lowest BCUT2D eigenvalue weighted by Crippen LogP contribution is -2.70. The number of amides is 2. The molecule has 114 valence electrons. The van der Waals surface area contributed by atoms with Crippen LogP contribution < -0.4 is 5.32 Å². The van der Waals surface area contributed by atoms with Crippen LogP contribution in [0, 0.1) is 11.8 Å². The third kappa shape index (κ3) is 2.57. The molecule has 2 unspecified atom stereocenters. The molecule has 1 saturated carbocycles. The van der Waals surface area contributed by atoms with Crippen molar-refractivity contribution in [3.63, 3.8) is 0 Å². The lowest BCUT2D eigenvalue weighted by Gasteiger charge is -2.46. The largest absolute Gasteiger partial charge is 0.340 e. The van der Waals surface area contributed by atoms with Gasteiger partial charge in [0.05, 0.1) is 0 Å². The van der Waals surface area contributed by atoms with Crippen molar-refractivity contribution in [1.29, 1.82) is 0 Å². The van der Waals surface area contributed by atoms with Crippen molar-refractivity contribution < 1.29 is 9.59 Å². The van der Waals surface area contributed by atoms with Gasteiger partial charge in [0.15, 0.2) is 0 Å². The molecule has 2 fully saturated rings. The van der Waals surface area contributed by atoms with E-state index in [-0.39, 0.29) is 17.9 Å². The second-order valence-electron chi connectivity index (χ2n) is 6.47. The van der Waals surface area contributed by atoms with Crippen molar-refractivity contribution in [1.82, 2.24) is 10.2 Å². The fourth-order valence-corrected chi connectivity index (χ4v) is 3.40. The van der Waals surface area contributed by atoms with Crippen LogP contribution in [0.4, 0.5) is 0 Å². The van der Waals surface area contributed by atoms with Crippen LogP contribution in [-0.4, -0.2) is 34.8 Å². The summed E-state index contributed by atoms with van der Waals surface area (Å²) in [5.74, 6) is 1.41. The van der Waals surface area contributed by atoms with Gasteiger partial charge in [0, 0.05) is 6.54 Å². The molecule has 0 aromatic heterocycles. The minimum Gasteiger partial charge on any atom is -0.340 e. The van der Waals surface area contributed by atoms with E-state index in [4.69, 9.17) is 0 Å². The average Bonchev–Trinajstić information content (AvgIpc) is 3.27. The van der Waals surface area contributed by atoms with Crippen molar-refractivity contribution in [3.8, 4) is 0 Å². The Bertz CT molecular complexity index is 386. The number of nitrogens with zero attached hydrogens (tertiary/aromatic N) is 1. The van der Waals surface area contributed by atoms with Crippen LogP contribution in [0.3, 0.4) is 0 Å². The van der Waals surface area contributed by atoms with Gasteiger partial charge in [0.25, 0.3) is 0 Å². The Morgan fingerprint density at radius 1 is 1.25 bits per heavy atom. The van der Waals surface area contributed by atoms with Gasteiger partial charge in [0.1, 0.15) is 11.6 Å². The van der Waals surface area contributed by atoms with E-state index in [2.05, 4.69) is 12.2 Å². The fraction of sp³-hybridized carbons (Fsp3) is 0.875. The van der Waals surface area contributed by atoms with Crippen LogP contribution >= 0.6 is 0 Å². The minimum absolute atomic E-state index is 0.0267. The zero-order valence-corrected chi connectivity index (χ0v) is 13.2. The minimum atomic E-state index is -0.675. The van der Waals surface area contributed by atoms with Crippen LogP contribution in [0.5, 0.6) is 0 Å². The van der Waals surface area contributed by atoms with Gasteiger partial charge in [-0.3, -0.25) is 9.59 Å². The molecule has 1 heterocycles. The Labute approximate surface area is 122 Å². The van der Waals surface area contributed by atoms with Crippen LogP contribution in [0.2, 0.25) is 0 Å². The normalized spacial score (nSPS) is 27.4. The Morgan fingerprint density at radius 3 is 2.30 bits per heavy atom. The maximum absolute atomic E-state index is 12.9. The zero-order valence-electron chi connectivity index (χ0n) is 13.2. The Hall–Kier alpha value is -1.06. The molecule has 2 atom stereocenters. The van der Waals surface area contributed by atoms with Gasteiger partial charge in [-0.1, -0.05) is 27.7 Å². The average molecular weight is 280 g/mol. The maximum atomic E-state index is 12.9. The van der Waals surface area contributed by atoms with Crippen LogP contribution in [0.15, 0.2) is 0 Å². The maximum Gasteiger partial charge on any atom is 0.248 e. The Kier molecular flexibility index (Phi) is 4.40. The summed E-state index contributed by atoms with van der Waals surface area (Å²) in [5, 5.41) is 3.00. The van der Waals surface area contributed by atoms with Gasteiger partial charge < -0.3 is 10.2 Å². The summed E-state index contributed by atoms with van der Waals surface area (Å²) >= 11 is 0. The lowest BCUT2D eigenvalue weighted by atomic mass is 9.86. The van der Waals surface area contributed by atoms with Gasteiger partial charge in [-0.2, -0.15) is 0 Å². The highest BCUT2D eigenvalue weighted by Gasteiger charge is 2.48. The number of carbonyl (C=O) groups excluding carboxylic acids is 2. The molecule has 1 saturated heterocycles. The molecule has 0 aromatic rings. The monoisotopic (exact) mass is 280 g/mol. The lowest BCUT2D eigenvalue weighted by molar-refractivity contribution is -0.156. The van der Waals surface area contributed by atoms with Gasteiger partial charge in [0.2, 0.25) is 11.8 Å². The van der Waals surface area contributed by atoms with Gasteiger partial charge >= 0.3 is 0 Å². The first kappa shape index (κ1) is 15.3. The smallest absolute Gasteiger partial charge is 0.248 e. The third-order valence-corrected chi connectivity index (χ3v) is 5.22. The number of rotatable bonds is 6. The molecule has 0 bridgehead atoms. The first-order valence-electron chi connectivity index (χ1n) is 8.12. The van der Waals surface area contributed by atoms with Gasteiger partial charge in [-0.05, 0) is 43.9 Å². The highest BCUT2D eigenvalue weighted by Crippen LogP contribution is 2.38. The topological polar surface area (TPSA) is 49.4 Å². The third-order valence-electron chi connectivity index (χ3n) is 5.22. The Balaban J connectivity index is 2.22. The van der Waals surface area contributed by atoms with E-state index >= 15 is 0 Å². The van der Waals surface area contributed by atoms with E-state index in [1.165, 1.54) is 12.8 Å². The molecule has 1 N–H and O–H groups in total. The molecule has 2 aliphatic rings. The molecule has 2 amide bonds. The predicted molar refractivity (Wildman–Crippen MR) is 79.1 cm³/mol. The molecule has 20 heavy (non-hydrogen) atoms. The summed E-state index contributed by atoms with van der Waals surface area (Å²) in [6.07, 6.45) is 4.58. The summed E-state index contributed by atoms with van der Waals surface area (Å²) < 4.78 is 0. The van der Waals surface area contributed by atoms with E-state index in [1.54, 1.807) is 0 Å². The number of nitrogens with one attached hydrogen (secondary N) is 1. The quantitative estimate of drug-likeness (QED) is 0.812. The first-order chi connectivity index (χ1) is 9.49. The molecule has 0 aromatic carbocycles. The summed E-state index contributed by atoms with van der Waals surface area (Å²) in [5.41, 5.74) is -0.675. The number of hydrogen-bond donors (Lipinski definition) is 1. The summed E-state index contributed by atoms with van der Waals surface area (Å²) in [6, 6.07) is -0.282. The number of hydrogen-bond acceptors (Lipinski definition) is 2. The summed E-state index contributed by atoms with van der Waals surface area (Å²) in [4.78, 5) is 27.2. The van der Waals surface area contributed by atoms with E-state index < -0.39 is 5.54 Å². The molecule has 0 radical (unpaired) electrons. The van der Waals surface area contributed by atoms with Crippen LogP contribution in [0.25, 0.3) is 0 Å². The zero-order chi connectivity index (χ0) is 14.9. The molecule has 2 rings (SSSR count). The highest BCUT2D eigenvalue weighted by molar-refractivity contribution is 5.99. The van der Waals surface area contributed by atoms with Crippen molar-refractivity contribution in [2.45, 2.75) is 71.4 Å². The van der Waals surface area contributed by atoms with E-state index in [9.17, 15) is 9.59 Å². The molecule has 1 aliphatic carbocycles. The van der Waals surface area contributed by atoms with Gasteiger partial charge in [-0.15, -0.1) is 0 Å². The molecular weight excluding hydrogens is 252 g/mol. The van der Waals surface area contributed by atoms with Crippen molar-refractivity contribution in [2.75, 3.05) is 6.54 Å². The van der Waals surface area contributed by atoms with Gasteiger partial charge in [-0.25, -0.2) is 0 Å². The summed E-state index contributed by atoms with van der Waals surface area (Å²) in [6.45, 7) is 8.89. The summed E-state index contributed by atoms with van der Waals surface area (Å²) in [7, 11) is 0. The van der Waals surface area contributed by atoms with E-state index in [1.807, 2.05) is 25.7 Å². The van der Waals surface area contributed by atoms with E-state index in [0.29, 0.717) is 25.2 Å². The molecular formula is C16H28N2O2. The Morgan fingerprint density at radius 2 is 1.85 bits per heavy atom.